The van der Waals surface area contributed by atoms with Crippen LogP contribution in [0.5, 0.6) is 5.75 Å². The Bertz CT molecular complexity index is 960. The van der Waals surface area contributed by atoms with Crippen molar-refractivity contribution in [1.82, 2.24) is 15.0 Å². The Morgan fingerprint density at radius 2 is 2.12 bits per heavy atom. The number of nitrogens with zero attached hydrogens (tertiary/aromatic N) is 3. The lowest BCUT2D eigenvalue weighted by Crippen LogP contribution is -2.54. The van der Waals surface area contributed by atoms with Gasteiger partial charge in [0.1, 0.15) is 33.6 Å². The first-order valence-electron chi connectivity index (χ1n) is 8.21. The SMILES string of the molecule is COc1cnc2c(NC(C)S(=O)(=O)C(C)(C(=N)N)C3CC3)ncnc2c1. The normalized spacial score (nSPS) is 18.1. The lowest BCUT2D eigenvalue weighted by Gasteiger charge is -2.31. The number of pyridine rings is 1. The van der Waals surface area contributed by atoms with Crippen LogP contribution in [0.2, 0.25) is 0 Å². The largest absolute Gasteiger partial charge is 0.495 e. The molecule has 0 saturated heterocycles. The predicted octanol–water partition coefficient (Wildman–Crippen LogP) is 1.31. The Labute approximate surface area is 151 Å². The summed E-state index contributed by atoms with van der Waals surface area (Å²) in [4.78, 5) is 12.5. The summed E-state index contributed by atoms with van der Waals surface area (Å²) < 4.78 is 30.0. The molecule has 1 fully saturated rings. The predicted molar refractivity (Wildman–Crippen MR) is 98.9 cm³/mol. The molecule has 0 aliphatic heterocycles. The number of nitrogens with one attached hydrogen (secondary N) is 2. The van der Waals surface area contributed by atoms with Crippen LogP contribution >= 0.6 is 0 Å². The van der Waals surface area contributed by atoms with E-state index in [2.05, 4.69) is 20.3 Å². The average molecular weight is 378 g/mol. The molecule has 0 spiro atoms. The number of ether oxygens (including phenoxy) is 1. The van der Waals surface area contributed by atoms with E-state index in [0.29, 0.717) is 22.6 Å². The molecule has 1 aliphatic carbocycles. The molecule has 1 saturated carbocycles. The number of rotatable bonds is 7. The molecule has 2 aromatic heterocycles. The van der Waals surface area contributed by atoms with Gasteiger partial charge in [0.25, 0.3) is 0 Å². The van der Waals surface area contributed by atoms with Crippen molar-refractivity contribution < 1.29 is 13.2 Å². The molecule has 2 unspecified atom stereocenters. The van der Waals surface area contributed by atoms with Crippen LogP contribution in [0.1, 0.15) is 26.7 Å². The third-order valence-electron chi connectivity index (χ3n) is 4.97. The summed E-state index contributed by atoms with van der Waals surface area (Å²) in [7, 11) is -2.26. The maximum absolute atomic E-state index is 13.1. The number of amidine groups is 1. The summed E-state index contributed by atoms with van der Waals surface area (Å²) in [5.41, 5.74) is 6.64. The van der Waals surface area contributed by atoms with E-state index in [1.54, 1.807) is 6.07 Å². The highest BCUT2D eigenvalue weighted by Gasteiger charge is 2.55. The Morgan fingerprint density at radius 1 is 1.42 bits per heavy atom. The Morgan fingerprint density at radius 3 is 2.69 bits per heavy atom. The number of sulfone groups is 1. The molecule has 2 heterocycles. The summed E-state index contributed by atoms with van der Waals surface area (Å²) in [6, 6.07) is 1.69. The summed E-state index contributed by atoms with van der Waals surface area (Å²) in [5.74, 6) is 0.388. The summed E-state index contributed by atoms with van der Waals surface area (Å²) in [6.07, 6.45) is 4.34. The van der Waals surface area contributed by atoms with Gasteiger partial charge in [-0.05, 0) is 32.6 Å². The number of aromatic nitrogens is 3. The monoisotopic (exact) mass is 378 g/mol. The number of hydrogen-bond acceptors (Lipinski definition) is 8. The fraction of sp³-hybridized carbons (Fsp3) is 0.500. The smallest absolute Gasteiger partial charge is 0.183 e. The first-order chi connectivity index (χ1) is 12.2. The van der Waals surface area contributed by atoms with Gasteiger partial charge in [-0.15, -0.1) is 0 Å². The van der Waals surface area contributed by atoms with Crippen LogP contribution in [0.25, 0.3) is 11.0 Å². The standard InChI is InChI=1S/C16H22N6O3S/c1-9(26(23,24)16(2,15(17)18)10-4-5-10)22-14-13-12(20-8-21-14)6-11(25-3)7-19-13/h6-10H,4-5H2,1-3H3,(H3,17,18)(H,20,21,22). The van der Waals surface area contributed by atoms with Crippen LogP contribution in [0.15, 0.2) is 18.6 Å². The van der Waals surface area contributed by atoms with Crippen molar-refractivity contribution in [3.63, 3.8) is 0 Å². The number of fused-ring (bicyclic) bond motifs is 1. The molecule has 0 aromatic carbocycles. The Balaban J connectivity index is 1.96. The summed E-state index contributed by atoms with van der Waals surface area (Å²) >= 11 is 0. The van der Waals surface area contributed by atoms with Crippen molar-refractivity contribution in [1.29, 1.82) is 5.41 Å². The maximum Gasteiger partial charge on any atom is 0.183 e. The fourth-order valence-corrected chi connectivity index (χ4v) is 5.03. The zero-order valence-corrected chi connectivity index (χ0v) is 15.7. The van der Waals surface area contributed by atoms with Crippen molar-refractivity contribution in [2.45, 2.75) is 36.8 Å². The van der Waals surface area contributed by atoms with Crippen molar-refractivity contribution in [3.8, 4) is 5.75 Å². The van der Waals surface area contributed by atoms with Gasteiger partial charge in [0.15, 0.2) is 15.7 Å². The first-order valence-corrected chi connectivity index (χ1v) is 9.75. The molecule has 1 aliphatic rings. The van der Waals surface area contributed by atoms with Crippen LogP contribution in [0, 0.1) is 11.3 Å². The lowest BCUT2D eigenvalue weighted by molar-refractivity contribution is 0.413. The van der Waals surface area contributed by atoms with E-state index >= 15 is 0 Å². The highest BCUT2D eigenvalue weighted by Crippen LogP contribution is 2.45. The Kier molecular flexibility index (Phi) is 4.47. The average Bonchev–Trinajstić information content (AvgIpc) is 3.45. The second-order valence-electron chi connectivity index (χ2n) is 6.59. The van der Waals surface area contributed by atoms with Gasteiger partial charge in [0.2, 0.25) is 0 Å². The van der Waals surface area contributed by atoms with Crippen molar-refractivity contribution in [2.24, 2.45) is 11.7 Å². The fourth-order valence-electron chi connectivity index (χ4n) is 3.02. The first kappa shape index (κ1) is 18.3. The summed E-state index contributed by atoms with van der Waals surface area (Å²) in [6.45, 7) is 3.05. The minimum absolute atomic E-state index is 0.126. The van der Waals surface area contributed by atoms with E-state index in [-0.39, 0.29) is 11.8 Å². The highest BCUT2D eigenvalue weighted by molar-refractivity contribution is 7.94. The van der Waals surface area contributed by atoms with Gasteiger partial charge < -0.3 is 15.8 Å². The quantitative estimate of drug-likeness (QED) is 0.483. The zero-order chi connectivity index (χ0) is 19.1. The number of nitrogens with two attached hydrogens (primary N) is 1. The second kappa shape index (κ2) is 6.35. The zero-order valence-electron chi connectivity index (χ0n) is 14.9. The molecule has 3 rings (SSSR count). The lowest BCUT2D eigenvalue weighted by atomic mass is 10.0. The molecular weight excluding hydrogens is 356 g/mol. The van der Waals surface area contributed by atoms with Crippen LogP contribution in [0.3, 0.4) is 0 Å². The maximum atomic E-state index is 13.1. The van der Waals surface area contributed by atoms with Crippen LogP contribution < -0.4 is 15.8 Å². The van der Waals surface area contributed by atoms with Gasteiger partial charge in [0, 0.05) is 6.07 Å². The molecule has 0 amide bonds. The van der Waals surface area contributed by atoms with Gasteiger partial charge in [-0.3, -0.25) is 5.41 Å². The number of hydrogen-bond donors (Lipinski definition) is 3. The van der Waals surface area contributed by atoms with Crippen LogP contribution in [-0.4, -0.2) is 46.4 Å². The second-order valence-corrected chi connectivity index (χ2v) is 9.24. The van der Waals surface area contributed by atoms with E-state index in [4.69, 9.17) is 15.9 Å². The number of methoxy groups -OCH3 is 1. The van der Waals surface area contributed by atoms with Crippen LogP contribution in [0.4, 0.5) is 5.82 Å². The molecular formula is C16H22N6O3S. The minimum Gasteiger partial charge on any atom is -0.495 e. The molecule has 2 atom stereocenters. The van der Waals surface area contributed by atoms with Gasteiger partial charge in [-0.25, -0.2) is 23.4 Å². The van der Waals surface area contributed by atoms with Gasteiger partial charge in [0.05, 0.1) is 18.8 Å². The van der Waals surface area contributed by atoms with Crippen molar-refractivity contribution >= 4 is 32.5 Å². The van der Waals surface area contributed by atoms with Crippen molar-refractivity contribution in [3.05, 3.63) is 18.6 Å². The van der Waals surface area contributed by atoms with E-state index in [0.717, 1.165) is 12.8 Å². The summed E-state index contributed by atoms with van der Waals surface area (Å²) in [5, 5.41) is 9.75. The van der Waals surface area contributed by atoms with Gasteiger partial charge >= 0.3 is 0 Å². The molecule has 10 heteroatoms. The third kappa shape index (κ3) is 2.83. The topological polar surface area (TPSA) is 144 Å². The molecule has 4 N–H and O–H groups in total. The van der Waals surface area contributed by atoms with Crippen LogP contribution in [-0.2, 0) is 9.84 Å². The third-order valence-corrected chi connectivity index (χ3v) is 7.76. The Hall–Kier alpha value is -2.49. The van der Waals surface area contributed by atoms with E-state index in [1.807, 2.05) is 0 Å². The highest BCUT2D eigenvalue weighted by atomic mass is 32.2. The van der Waals surface area contributed by atoms with E-state index in [1.165, 1.54) is 33.5 Å². The molecule has 9 nitrogen and oxygen atoms in total. The molecule has 2 aromatic rings. The van der Waals surface area contributed by atoms with E-state index in [9.17, 15) is 8.42 Å². The van der Waals surface area contributed by atoms with Gasteiger partial charge in [-0.1, -0.05) is 0 Å². The van der Waals surface area contributed by atoms with Gasteiger partial charge in [-0.2, -0.15) is 0 Å². The number of anilines is 1. The molecule has 140 valence electrons. The van der Waals surface area contributed by atoms with Crippen molar-refractivity contribution in [2.75, 3.05) is 12.4 Å². The molecule has 0 bridgehead atoms. The molecule has 0 radical (unpaired) electrons. The molecule has 26 heavy (non-hydrogen) atoms. The van der Waals surface area contributed by atoms with E-state index < -0.39 is 20.0 Å². The minimum atomic E-state index is -3.79.